The van der Waals surface area contributed by atoms with Crippen LogP contribution in [0.1, 0.15) is 31.0 Å². The first-order valence-corrected chi connectivity index (χ1v) is 6.89. The van der Waals surface area contributed by atoms with Gasteiger partial charge >= 0.3 is 0 Å². The zero-order valence-corrected chi connectivity index (χ0v) is 12.3. The van der Waals surface area contributed by atoms with Crippen molar-refractivity contribution in [1.82, 2.24) is 4.98 Å². The van der Waals surface area contributed by atoms with Gasteiger partial charge in [0, 0.05) is 0 Å². The molecule has 2 nitrogen and oxygen atoms in total. The highest BCUT2D eigenvalue weighted by molar-refractivity contribution is 6.30. The molecule has 1 aromatic carbocycles. The Bertz CT molecular complexity index is 538. The van der Waals surface area contributed by atoms with Gasteiger partial charge < -0.3 is 5.32 Å². The lowest BCUT2D eigenvalue weighted by Gasteiger charge is -2.24. The lowest BCUT2D eigenvalue weighted by molar-refractivity contribution is 0.546. The summed E-state index contributed by atoms with van der Waals surface area (Å²) in [7, 11) is 0. The summed E-state index contributed by atoms with van der Waals surface area (Å²) in [6.07, 6.45) is 1.79. The number of aromatic nitrogens is 1. The van der Waals surface area contributed by atoms with Crippen molar-refractivity contribution < 1.29 is 0 Å². The molecular formula is C16H19ClN2. The van der Waals surface area contributed by atoms with E-state index in [9.17, 15) is 0 Å². The molecule has 0 radical (unpaired) electrons. The summed E-state index contributed by atoms with van der Waals surface area (Å²) < 4.78 is 0. The van der Waals surface area contributed by atoms with E-state index < -0.39 is 0 Å². The van der Waals surface area contributed by atoms with Crippen molar-refractivity contribution in [2.24, 2.45) is 5.92 Å². The standard InChI is InChI=1S/C16H19ClN2/c1-11(2)15(13-7-5-4-6-8-13)19-14-9-12(3)16(17)18-10-14/h4-11,15,19H,1-3H3. The Morgan fingerprint density at radius 1 is 1.16 bits per heavy atom. The molecule has 0 aliphatic carbocycles. The van der Waals surface area contributed by atoms with E-state index in [1.54, 1.807) is 6.20 Å². The topological polar surface area (TPSA) is 24.9 Å². The number of aryl methyl sites for hydroxylation is 1. The summed E-state index contributed by atoms with van der Waals surface area (Å²) in [5.41, 5.74) is 3.27. The molecule has 0 amide bonds. The van der Waals surface area contributed by atoms with Gasteiger partial charge in [-0.3, -0.25) is 0 Å². The summed E-state index contributed by atoms with van der Waals surface area (Å²) in [5.74, 6) is 0.485. The van der Waals surface area contributed by atoms with Crippen molar-refractivity contribution in [3.05, 3.63) is 58.9 Å². The van der Waals surface area contributed by atoms with E-state index in [4.69, 9.17) is 11.6 Å². The van der Waals surface area contributed by atoms with Gasteiger partial charge in [0.1, 0.15) is 5.15 Å². The summed E-state index contributed by atoms with van der Waals surface area (Å²) in [6.45, 7) is 6.38. The van der Waals surface area contributed by atoms with Crippen LogP contribution >= 0.6 is 11.6 Å². The third kappa shape index (κ3) is 3.48. The Balaban J connectivity index is 2.24. The Morgan fingerprint density at radius 2 is 1.84 bits per heavy atom. The molecule has 1 heterocycles. The summed E-state index contributed by atoms with van der Waals surface area (Å²) in [6, 6.07) is 12.8. The van der Waals surface area contributed by atoms with Crippen LogP contribution in [0.2, 0.25) is 5.15 Å². The van der Waals surface area contributed by atoms with Gasteiger partial charge in [-0.25, -0.2) is 4.98 Å². The van der Waals surface area contributed by atoms with E-state index in [2.05, 4.69) is 48.4 Å². The average Bonchev–Trinajstić information content (AvgIpc) is 2.40. The second-order valence-corrected chi connectivity index (χ2v) is 5.47. The predicted molar refractivity (Wildman–Crippen MR) is 81.6 cm³/mol. The number of halogens is 1. The molecule has 1 N–H and O–H groups in total. The number of nitrogens with one attached hydrogen (secondary N) is 1. The second kappa shape index (κ2) is 6.07. The Hall–Kier alpha value is -1.54. The fraction of sp³-hybridized carbons (Fsp3) is 0.312. The molecule has 19 heavy (non-hydrogen) atoms. The van der Waals surface area contributed by atoms with E-state index in [1.807, 2.05) is 19.1 Å². The predicted octanol–water partition coefficient (Wildman–Crippen LogP) is 4.85. The van der Waals surface area contributed by atoms with E-state index in [1.165, 1.54) is 5.56 Å². The van der Waals surface area contributed by atoms with Gasteiger partial charge in [0.2, 0.25) is 0 Å². The lowest BCUT2D eigenvalue weighted by Crippen LogP contribution is -2.16. The molecule has 0 saturated heterocycles. The van der Waals surface area contributed by atoms with E-state index in [0.29, 0.717) is 11.1 Å². The number of nitrogens with zero attached hydrogens (tertiary/aromatic N) is 1. The minimum Gasteiger partial charge on any atom is -0.377 e. The molecule has 2 rings (SSSR count). The maximum Gasteiger partial charge on any atom is 0.132 e. The highest BCUT2D eigenvalue weighted by Crippen LogP contribution is 2.27. The van der Waals surface area contributed by atoms with Crippen molar-refractivity contribution >= 4 is 17.3 Å². The quantitative estimate of drug-likeness (QED) is 0.806. The number of benzene rings is 1. The Labute approximate surface area is 119 Å². The summed E-state index contributed by atoms with van der Waals surface area (Å²) in [4.78, 5) is 4.19. The summed E-state index contributed by atoms with van der Waals surface area (Å²) >= 11 is 5.96. The molecule has 1 atom stereocenters. The second-order valence-electron chi connectivity index (χ2n) is 5.11. The molecule has 1 unspecified atom stereocenters. The maximum atomic E-state index is 5.96. The number of anilines is 1. The fourth-order valence-corrected chi connectivity index (χ4v) is 2.22. The number of hydrogen-bond donors (Lipinski definition) is 1. The van der Waals surface area contributed by atoms with E-state index in [-0.39, 0.29) is 6.04 Å². The van der Waals surface area contributed by atoms with E-state index in [0.717, 1.165) is 11.3 Å². The van der Waals surface area contributed by atoms with Gasteiger partial charge in [0.05, 0.1) is 17.9 Å². The zero-order chi connectivity index (χ0) is 13.8. The first kappa shape index (κ1) is 13.9. The highest BCUT2D eigenvalue weighted by atomic mass is 35.5. The van der Waals surface area contributed by atoms with Crippen LogP contribution in [0.4, 0.5) is 5.69 Å². The Morgan fingerprint density at radius 3 is 2.42 bits per heavy atom. The zero-order valence-electron chi connectivity index (χ0n) is 11.5. The van der Waals surface area contributed by atoms with Crippen molar-refractivity contribution in [3.8, 4) is 0 Å². The van der Waals surface area contributed by atoms with Crippen molar-refractivity contribution in [3.63, 3.8) is 0 Å². The van der Waals surface area contributed by atoms with Gasteiger partial charge in [0.15, 0.2) is 0 Å². The Kier molecular flexibility index (Phi) is 4.43. The van der Waals surface area contributed by atoms with Crippen LogP contribution in [-0.4, -0.2) is 4.98 Å². The van der Waals surface area contributed by atoms with Crippen LogP contribution in [0, 0.1) is 12.8 Å². The fourth-order valence-electron chi connectivity index (χ4n) is 2.11. The van der Waals surface area contributed by atoms with Crippen LogP contribution in [0.25, 0.3) is 0 Å². The summed E-state index contributed by atoms with van der Waals surface area (Å²) in [5, 5.41) is 4.10. The first-order chi connectivity index (χ1) is 9.08. The maximum absolute atomic E-state index is 5.96. The van der Waals surface area contributed by atoms with Crippen LogP contribution in [-0.2, 0) is 0 Å². The smallest absolute Gasteiger partial charge is 0.132 e. The van der Waals surface area contributed by atoms with Crippen molar-refractivity contribution in [2.45, 2.75) is 26.8 Å². The van der Waals surface area contributed by atoms with Crippen LogP contribution in [0.15, 0.2) is 42.6 Å². The van der Waals surface area contributed by atoms with Gasteiger partial charge in [-0.1, -0.05) is 55.8 Å². The van der Waals surface area contributed by atoms with Crippen LogP contribution < -0.4 is 5.32 Å². The molecule has 0 saturated carbocycles. The van der Waals surface area contributed by atoms with Gasteiger partial charge in [0.25, 0.3) is 0 Å². The number of rotatable bonds is 4. The molecule has 0 aliphatic rings. The van der Waals surface area contributed by atoms with Crippen LogP contribution in [0.3, 0.4) is 0 Å². The molecule has 1 aromatic heterocycles. The molecule has 3 heteroatoms. The average molecular weight is 275 g/mol. The third-order valence-electron chi connectivity index (χ3n) is 3.16. The van der Waals surface area contributed by atoms with Crippen molar-refractivity contribution in [2.75, 3.05) is 5.32 Å². The lowest BCUT2D eigenvalue weighted by atomic mass is 9.96. The largest absolute Gasteiger partial charge is 0.377 e. The highest BCUT2D eigenvalue weighted by Gasteiger charge is 2.15. The van der Waals surface area contributed by atoms with E-state index >= 15 is 0 Å². The number of hydrogen-bond acceptors (Lipinski definition) is 2. The molecule has 100 valence electrons. The molecule has 0 spiro atoms. The van der Waals surface area contributed by atoms with Crippen LogP contribution in [0.5, 0.6) is 0 Å². The monoisotopic (exact) mass is 274 g/mol. The third-order valence-corrected chi connectivity index (χ3v) is 3.56. The van der Waals surface area contributed by atoms with Crippen molar-refractivity contribution in [1.29, 1.82) is 0 Å². The molecule has 0 fully saturated rings. The van der Waals surface area contributed by atoms with Gasteiger partial charge in [-0.15, -0.1) is 0 Å². The SMILES string of the molecule is Cc1cc(NC(c2ccccc2)C(C)C)cnc1Cl. The minimum atomic E-state index is 0.267. The first-order valence-electron chi connectivity index (χ1n) is 6.51. The molecular weight excluding hydrogens is 256 g/mol. The normalized spacial score (nSPS) is 12.5. The number of pyridine rings is 1. The molecule has 2 aromatic rings. The van der Waals surface area contributed by atoms with Gasteiger partial charge in [-0.05, 0) is 30.0 Å². The molecule has 0 aliphatic heterocycles. The molecule has 0 bridgehead atoms. The minimum absolute atomic E-state index is 0.267. The van der Waals surface area contributed by atoms with Gasteiger partial charge in [-0.2, -0.15) is 0 Å².